The van der Waals surface area contributed by atoms with E-state index in [1.807, 2.05) is 21.1 Å². The molecule has 0 bridgehead atoms. The van der Waals surface area contributed by atoms with Gasteiger partial charge in [-0.1, -0.05) is 122 Å². The van der Waals surface area contributed by atoms with Gasteiger partial charge in [-0.2, -0.15) is 0 Å². The Hall–Kier alpha value is -0.570. The molecule has 1 amide bonds. The number of amides is 1. The van der Waals surface area contributed by atoms with Crippen molar-refractivity contribution in [3.8, 4) is 0 Å². The van der Waals surface area contributed by atoms with Gasteiger partial charge in [-0.15, -0.1) is 0 Å². The zero-order valence-corrected chi connectivity index (χ0v) is 20.0. The Balaban J connectivity index is 3.11. The Morgan fingerprint density at radius 1 is 0.536 bits per heavy atom. The minimum atomic E-state index is 0.180. The summed E-state index contributed by atoms with van der Waals surface area (Å²) in [7, 11) is 5.94. The third kappa shape index (κ3) is 23.5. The van der Waals surface area contributed by atoms with E-state index in [0.29, 0.717) is 11.0 Å². The van der Waals surface area contributed by atoms with Gasteiger partial charge in [0.25, 0.3) is 5.91 Å². The lowest BCUT2D eigenvalue weighted by molar-refractivity contribution is -0.906. The van der Waals surface area contributed by atoms with Crippen LogP contribution < -0.4 is 5.43 Å². The molecule has 0 heterocycles. The maximum Gasteiger partial charge on any atom is 0.264 e. The van der Waals surface area contributed by atoms with Crippen LogP contribution in [0.5, 0.6) is 0 Å². The highest BCUT2D eigenvalue weighted by Crippen LogP contribution is 2.14. The third-order valence-corrected chi connectivity index (χ3v) is 5.47. The fourth-order valence-electron chi connectivity index (χ4n) is 3.79. The molecule has 0 atom stereocenters. The highest BCUT2D eigenvalue weighted by atomic mass is 16.2. The summed E-state index contributed by atoms with van der Waals surface area (Å²) in [5, 5.41) is 0. The van der Waals surface area contributed by atoms with Crippen molar-refractivity contribution in [3.63, 3.8) is 0 Å². The first-order valence-corrected chi connectivity index (χ1v) is 12.6. The molecule has 1 N–H and O–H groups in total. The second-order valence-corrected chi connectivity index (χ2v) is 9.66. The number of carbonyl (C=O) groups excluding carboxylic acids is 1. The predicted molar refractivity (Wildman–Crippen MR) is 124 cm³/mol. The van der Waals surface area contributed by atoms with Crippen molar-refractivity contribution >= 4 is 5.91 Å². The lowest BCUT2D eigenvalue weighted by Gasteiger charge is -2.23. The number of hydrogen-bond donors (Lipinski definition) is 1. The highest BCUT2D eigenvalue weighted by Gasteiger charge is 2.11. The van der Waals surface area contributed by atoms with Crippen molar-refractivity contribution < 1.29 is 9.39 Å². The highest BCUT2D eigenvalue weighted by molar-refractivity contribution is 5.74. The van der Waals surface area contributed by atoms with Crippen LogP contribution >= 0.6 is 0 Å². The molecule has 0 aliphatic carbocycles. The molecule has 0 rings (SSSR count). The normalized spacial score (nSPS) is 11.7. The second-order valence-electron chi connectivity index (χ2n) is 9.66. The Kier molecular flexibility index (Phi) is 19.3. The van der Waals surface area contributed by atoms with Crippen molar-refractivity contribution in [2.75, 3.05) is 21.1 Å². The Morgan fingerprint density at radius 2 is 0.821 bits per heavy atom. The number of carbonyl (C=O) groups is 1. The first-order valence-electron chi connectivity index (χ1n) is 12.6. The third-order valence-electron chi connectivity index (χ3n) is 5.47. The Morgan fingerprint density at radius 3 is 1.11 bits per heavy atom. The van der Waals surface area contributed by atoms with Gasteiger partial charge in [-0.05, 0) is 6.42 Å². The summed E-state index contributed by atoms with van der Waals surface area (Å²) in [5.41, 5.74) is 2.98. The van der Waals surface area contributed by atoms with Gasteiger partial charge in [0.1, 0.15) is 0 Å². The van der Waals surface area contributed by atoms with E-state index in [0.717, 1.165) is 6.42 Å². The monoisotopic (exact) mass is 397 g/mol. The van der Waals surface area contributed by atoms with Gasteiger partial charge in [0, 0.05) is 6.42 Å². The number of nitrogens with zero attached hydrogens (tertiary/aromatic N) is 1. The summed E-state index contributed by atoms with van der Waals surface area (Å²) in [6, 6.07) is 0. The maximum absolute atomic E-state index is 11.7. The molecule has 0 aromatic carbocycles. The molecule has 0 radical (unpaired) electrons. The van der Waals surface area contributed by atoms with Gasteiger partial charge in [0.05, 0.1) is 21.1 Å². The molecular weight excluding hydrogens is 344 g/mol. The fourth-order valence-corrected chi connectivity index (χ4v) is 3.79. The van der Waals surface area contributed by atoms with E-state index in [1.165, 1.54) is 116 Å². The zero-order valence-electron chi connectivity index (χ0n) is 20.0. The van der Waals surface area contributed by atoms with Crippen LogP contribution in [0.1, 0.15) is 135 Å². The molecule has 0 aromatic heterocycles. The number of unbranched alkanes of at least 4 members (excludes halogenated alkanes) is 18. The summed E-state index contributed by atoms with van der Waals surface area (Å²) < 4.78 is 0.512. The smallest absolute Gasteiger partial charge is 0.264 e. The summed E-state index contributed by atoms with van der Waals surface area (Å²) in [4.78, 5) is 11.7. The van der Waals surface area contributed by atoms with Gasteiger partial charge < -0.3 is 0 Å². The number of quaternary nitrogens is 1. The van der Waals surface area contributed by atoms with Crippen LogP contribution in [0.25, 0.3) is 0 Å². The minimum absolute atomic E-state index is 0.180. The zero-order chi connectivity index (χ0) is 20.9. The molecule has 0 aliphatic rings. The molecule has 0 saturated carbocycles. The largest absolute Gasteiger partial charge is 0.270 e. The fraction of sp³-hybridized carbons (Fsp3) is 0.960. The van der Waals surface area contributed by atoms with Crippen LogP contribution in [0.2, 0.25) is 0 Å². The van der Waals surface area contributed by atoms with E-state index in [9.17, 15) is 4.79 Å². The Bertz CT molecular complexity index is 336. The summed E-state index contributed by atoms with van der Waals surface area (Å²) >= 11 is 0. The topological polar surface area (TPSA) is 29.1 Å². The maximum atomic E-state index is 11.7. The minimum Gasteiger partial charge on any atom is -0.270 e. The molecule has 3 heteroatoms. The molecule has 0 spiro atoms. The lowest BCUT2D eigenvalue weighted by Crippen LogP contribution is -2.51. The SMILES string of the molecule is CCCCCCCCCCCCCCCCCCCCCC(=O)N[N+](C)(C)C. The molecule has 0 aromatic rings. The van der Waals surface area contributed by atoms with Crippen LogP contribution in [-0.4, -0.2) is 31.6 Å². The van der Waals surface area contributed by atoms with Crippen LogP contribution in [0.15, 0.2) is 0 Å². The summed E-state index contributed by atoms with van der Waals surface area (Å²) in [6.07, 6.45) is 27.1. The van der Waals surface area contributed by atoms with Crippen LogP contribution in [0.4, 0.5) is 0 Å². The van der Waals surface area contributed by atoms with E-state index in [-0.39, 0.29) is 5.91 Å². The molecule has 0 aliphatic heterocycles. The predicted octanol–water partition coefficient (Wildman–Crippen LogP) is 7.55. The van der Waals surface area contributed by atoms with Crippen LogP contribution in [0.3, 0.4) is 0 Å². The van der Waals surface area contributed by atoms with Crippen molar-refractivity contribution in [2.24, 2.45) is 0 Å². The molecule has 3 nitrogen and oxygen atoms in total. The van der Waals surface area contributed by atoms with Gasteiger partial charge in [0.15, 0.2) is 0 Å². The van der Waals surface area contributed by atoms with Crippen molar-refractivity contribution in [1.29, 1.82) is 0 Å². The standard InChI is InChI=1S/C25H52N2O/c1-5-6-7-8-9-10-11-12-13-14-15-16-17-18-19-20-21-22-23-24-25(28)26-27(2,3)4/h5-24H2,1-4H3/p+1. The average Bonchev–Trinajstić information content (AvgIpc) is 2.62. The van der Waals surface area contributed by atoms with Gasteiger partial charge >= 0.3 is 0 Å². The van der Waals surface area contributed by atoms with Crippen molar-refractivity contribution in [2.45, 2.75) is 135 Å². The van der Waals surface area contributed by atoms with E-state index >= 15 is 0 Å². The molecule has 28 heavy (non-hydrogen) atoms. The number of rotatable bonds is 21. The first kappa shape index (κ1) is 27.4. The number of nitrogens with one attached hydrogen (secondary N) is 1. The summed E-state index contributed by atoms with van der Waals surface area (Å²) in [5.74, 6) is 0.180. The quantitative estimate of drug-likeness (QED) is 0.121. The van der Waals surface area contributed by atoms with E-state index in [2.05, 4.69) is 12.3 Å². The van der Waals surface area contributed by atoms with Crippen LogP contribution in [0, 0.1) is 0 Å². The molecular formula is C25H53N2O+. The van der Waals surface area contributed by atoms with Crippen molar-refractivity contribution in [1.82, 2.24) is 5.43 Å². The second kappa shape index (κ2) is 19.7. The van der Waals surface area contributed by atoms with Crippen molar-refractivity contribution in [3.05, 3.63) is 0 Å². The lowest BCUT2D eigenvalue weighted by atomic mass is 10.0. The molecule has 0 saturated heterocycles. The van der Waals surface area contributed by atoms with Gasteiger partial charge in [-0.25, -0.2) is 10.0 Å². The van der Waals surface area contributed by atoms with Crippen LogP contribution in [-0.2, 0) is 4.79 Å². The average molecular weight is 398 g/mol. The first-order chi connectivity index (χ1) is 13.5. The summed E-state index contributed by atoms with van der Waals surface area (Å²) in [6.45, 7) is 2.29. The molecule has 0 fully saturated rings. The Labute approximate surface area is 177 Å². The molecule has 0 unspecified atom stereocenters. The number of hydrogen-bond acceptors (Lipinski definition) is 1. The molecule has 168 valence electrons. The van der Waals surface area contributed by atoms with Gasteiger partial charge in [0.2, 0.25) is 0 Å². The van der Waals surface area contributed by atoms with E-state index in [4.69, 9.17) is 0 Å². The van der Waals surface area contributed by atoms with E-state index in [1.54, 1.807) is 0 Å². The van der Waals surface area contributed by atoms with E-state index < -0.39 is 0 Å². The van der Waals surface area contributed by atoms with Gasteiger partial charge in [-0.3, -0.25) is 4.79 Å².